The number of sulfonamides is 1. The molecule has 1 aliphatic rings. The van der Waals surface area contributed by atoms with Gasteiger partial charge >= 0.3 is 0 Å². The van der Waals surface area contributed by atoms with Gasteiger partial charge < -0.3 is 0 Å². The molecule has 1 N–H and O–H groups in total. The predicted molar refractivity (Wildman–Crippen MR) is 79.1 cm³/mol. The maximum atomic E-state index is 12.4. The third kappa shape index (κ3) is 2.62. The van der Waals surface area contributed by atoms with Crippen LogP contribution in [0, 0.1) is 6.92 Å². The molecule has 2 atom stereocenters. The minimum Gasteiger partial charge on any atom is -0.207 e. The van der Waals surface area contributed by atoms with Gasteiger partial charge in [0, 0.05) is 12.0 Å². The van der Waals surface area contributed by atoms with E-state index >= 15 is 0 Å². The predicted octanol–water partition coefficient (Wildman–Crippen LogP) is 2.83. The van der Waals surface area contributed by atoms with Crippen molar-refractivity contribution >= 4 is 10.0 Å². The summed E-state index contributed by atoms with van der Waals surface area (Å²) in [6.45, 7) is 1.82. The Morgan fingerprint density at radius 3 is 2.35 bits per heavy atom. The molecule has 1 saturated carbocycles. The number of hydrogen-bond acceptors (Lipinski definition) is 2. The molecule has 0 bridgehead atoms. The van der Waals surface area contributed by atoms with Crippen molar-refractivity contribution in [1.29, 1.82) is 0 Å². The van der Waals surface area contributed by atoms with E-state index in [2.05, 4.69) is 4.72 Å². The van der Waals surface area contributed by atoms with E-state index in [1.54, 1.807) is 12.1 Å². The number of rotatable bonds is 4. The monoisotopic (exact) mass is 287 g/mol. The maximum absolute atomic E-state index is 12.4. The van der Waals surface area contributed by atoms with Gasteiger partial charge in [-0.25, -0.2) is 13.1 Å². The van der Waals surface area contributed by atoms with E-state index in [9.17, 15) is 8.42 Å². The summed E-state index contributed by atoms with van der Waals surface area (Å²) in [4.78, 5) is 0.374. The van der Waals surface area contributed by atoms with Crippen molar-refractivity contribution in [3.63, 3.8) is 0 Å². The third-order valence-electron chi connectivity index (χ3n) is 3.71. The molecule has 3 nitrogen and oxygen atoms in total. The Labute approximate surface area is 119 Å². The Morgan fingerprint density at radius 2 is 1.65 bits per heavy atom. The Bertz CT molecular complexity index is 710. The Balaban J connectivity index is 1.75. The van der Waals surface area contributed by atoms with Crippen molar-refractivity contribution in [2.75, 3.05) is 0 Å². The van der Waals surface area contributed by atoms with Crippen molar-refractivity contribution in [3.8, 4) is 0 Å². The van der Waals surface area contributed by atoms with Gasteiger partial charge in [-0.1, -0.05) is 48.5 Å². The van der Waals surface area contributed by atoms with E-state index < -0.39 is 10.0 Å². The van der Waals surface area contributed by atoms with Crippen LogP contribution in [0.4, 0.5) is 0 Å². The van der Waals surface area contributed by atoms with E-state index in [-0.39, 0.29) is 6.04 Å². The summed E-state index contributed by atoms with van der Waals surface area (Å²) in [7, 11) is -3.42. The average molecular weight is 287 g/mol. The lowest BCUT2D eigenvalue weighted by atomic mass is 10.1. The number of benzene rings is 2. The fourth-order valence-electron chi connectivity index (χ4n) is 2.51. The fraction of sp³-hybridized carbons (Fsp3) is 0.250. The summed E-state index contributed by atoms with van der Waals surface area (Å²) in [5, 5.41) is 0. The summed E-state index contributed by atoms with van der Waals surface area (Å²) in [6, 6.07) is 17.1. The van der Waals surface area contributed by atoms with E-state index in [1.165, 1.54) is 5.56 Å². The summed E-state index contributed by atoms with van der Waals surface area (Å²) >= 11 is 0. The highest BCUT2D eigenvalue weighted by molar-refractivity contribution is 7.89. The molecule has 1 fully saturated rings. The van der Waals surface area contributed by atoms with Crippen LogP contribution in [0.2, 0.25) is 0 Å². The van der Waals surface area contributed by atoms with Crippen LogP contribution in [0.25, 0.3) is 0 Å². The molecule has 0 radical (unpaired) electrons. The molecule has 2 aromatic carbocycles. The molecule has 1 aliphatic carbocycles. The lowest BCUT2D eigenvalue weighted by Gasteiger charge is -2.09. The summed E-state index contributed by atoms with van der Waals surface area (Å²) in [5.74, 6) is 0.301. The van der Waals surface area contributed by atoms with Crippen LogP contribution in [0.5, 0.6) is 0 Å². The SMILES string of the molecule is Cc1ccccc1S(=O)(=O)NC1CC1c1ccccc1. The molecule has 0 amide bonds. The standard InChI is InChI=1S/C16H17NO2S/c1-12-7-5-6-10-16(12)20(18,19)17-15-11-14(15)13-8-3-2-4-9-13/h2-10,14-15,17H,11H2,1H3. The average Bonchev–Trinajstić information content (AvgIpc) is 3.18. The van der Waals surface area contributed by atoms with Gasteiger partial charge in [0.15, 0.2) is 0 Å². The van der Waals surface area contributed by atoms with Gasteiger partial charge in [0.05, 0.1) is 4.90 Å². The second-order valence-corrected chi connectivity index (χ2v) is 6.93. The summed E-state index contributed by atoms with van der Waals surface area (Å²) in [5.41, 5.74) is 1.97. The van der Waals surface area contributed by atoms with Crippen molar-refractivity contribution in [1.82, 2.24) is 4.72 Å². The molecule has 2 aromatic rings. The van der Waals surface area contributed by atoms with Gasteiger partial charge in [0.25, 0.3) is 0 Å². The number of nitrogens with one attached hydrogen (secondary N) is 1. The Kier molecular flexibility index (Phi) is 3.36. The molecule has 20 heavy (non-hydrogen) atoms. The van der Waals surface area contributed by atoms with Crippen LogP contribution in [0.3, 0.4) is 0 Å². The zero-order chi connectivity index (χ0) is 14.2. The first-order valence-corrected chi connectivity index (χ1v) is 8.19. The first-order chi connectivity index (χ1) is 9.58. The van der Waals surface area contributed by atoms with E-state index in [1.807, 2.05) is 49.4 Å². The van der Waals surface area contributed by atoms with Crippen LogP contribution >= 0.6 is 0 Å². The van der Waals surface area contributed by atoms with Crippen molar-refractivity contribution in [3.05, 3.63) is 65.7 Å². The van der Waals surface area contributed by atoms with E-state index in [4.69, 9.17) is 0 Å². The fourth-order valence-corrected chi connectivity index (χ4v) is 4.05. The molecule has 3 rings (SSSR count). The zero-order valence-corrected chi connectivity index (χ0v) is 12.1. The molecule has 2 unspecified atom stereocenters. The van der Waals surface area contributed by atoms with Gasteiger partial charge in [-0.15, -0.1) is 0 Å². The van der Waals surface area contributed by atoms with Crippen LogP contribution < -0.4 is 4.72 Å². The van der Waals surface area contributed by atoms with Crippen molar-refractivity contribution < 1.29 is 8.42 Å². The highest BCUT2D eigenvalue weighted by Crippen LogP contribution is 2.41. The zero-order valence-electron chi connectivity index (χ0n) is 11.3. The van der Waals surface area contributed by atoms with Gasteiger partial charge in [0.2, 0.25) is 10.0 Å². The molecule has 4 heteroatoms. The Hall–Kier alpha value is -1.65. The Morgan fingerprint density at radius 1 is 1.00 bits per heavy atom. The smallest absolute Gasteiger partial charge is 0.207 e. The molecule has 0 aromatic heterocycles. The van der Waals surface area contributed by atoms with Gasteiger partial charge in [-0.05, 0) is 30.5 Å². The van der Waals surface area contributed by atoms with Crippen LogP contribution in [-0.2, 0) is 10.0 Å². The van der Waals surface area contributed by atoms with E-state index in [0.717, 1.165) is 12.0 Å². The summed E-state index contributed by atoms with van der Waals surface area (Å²) in [6.07, 6.45) is 0.870. The highest BCUT2D eigenvalue weighted by Gasteiger charge is 2.41. The van der Waals surface area contributed by atoms with Gasteiger partial charge in [-0.3, -0.25) is 0 Å². The molecule has 0 heterocycles. The first kappa shape index (κ1) is 13.3. The van der Waals surface area contributed by atoms with Crippen LogP contribution in [0.15, 0.2) is 59.5 Å². The van der Waals surface area contributed by atoms with Crippen molar-refractivity contribution in [2.24, 2.45) is 0 Å². The van der Waals surface area contributed by atoms with Crippen LogP contribution in [0.1, 0.15) is 23.5 Å². The van der Waals surface area contributed by atoms with Crippen molar-refractivity contribution in [2.45, 2.75) is 30.2 Å². The highest BCUT2D eigenvalue weighted by atomic mass is 32.2. The third-order valence-corrected chi connectivity index (χ3v) is 5.36. The molecule has 0 saturated heterocycles. The lowest BCUT2D eigenvalue weighted by molar-refractivity contribution is 0.579. The normalized spacial score (nSPS) is 21.6. The molecular formula is C16H17NO2S. The molecule has 0 aliphatic heterocycles. The lowest BCUT2D eigenvalue weighted by Crippen LogP contribution is -2.27. The molecular weight excluding hydrogens is 270 g/mol. The molecule has 0 spiro atoms. The second-order valence-electron chi connectivity index (χ2n) is 5.25. The largest absolute Gasteiger partial charge is 0.241 e. The molecule has 104 valence electrons. The number of hydrogen-bond donors (Lipinski definition) is 1. The second kappa shape index (κ2) is 5.04. The number of aryl methyl sites for hydroxylation is 1. The quantitative estimate of drug-likeness (QED) is 0.940. The van der Waals surface area contributed by atoms with Gasteiger partial charge in [-0.2, -0.15) is 0 Å². The van der Waals surface area contributed by atoms with Gasteiger partial charge in [0.1, 0.15) is 0 Å². The van der Waals surface area contributed by atoms with E-state index in [0.29, 0.717) is 10.8 Å². The first-order valence-electron chi connectivity index (χ1n) is 6.71. The minimum absolute atomic E-state index is 0.0157. The topological polar surface area (TPSA) is 46.2 Å². The maximum Gasteiger partial charge on any atom is 0.241 e. The summed E-state index contributed by atoms with van der Waals surface area (Å²) < 4.78 is 27.5. The minimum atomic E-state index is -3.42. The van der Waals surface area contributed by atoms with Crippen LogP contribution in [-0.4, -0.2) is 14.5 Å².